The lowest BCUT2D eigenvalue weighted by atomic mass is 9.93. The van der Waals surface area contributed by atoms with Gasteiger partial charge in [0, 0.05) is 12.6 Å². The molecule has 0 radical (unpaired) electrons. The van der Waals surface area contributed by atoms with Gasteiger partial charge in [-0.05, 0) is 31.0 Å². The molecule has 0 fully saturated rings. The average Bonchev–Trinajstić information content (AvgIpc) is 2.46. The smallest absolute Gasteiger partial charge is 0.251 e. The number of amides is 1. The molecular weight excluding hydrogens is 242 g/mol. The fourth-order valence-corrected chi connectivity index (χ4v) is 1.93. The molecule has 0 aliphatic carbocycles. The summed E-state index contributed by atoms with van der Waals surface area (Å²) in [5, 5.41) is 15.4. The van der Waals surface area contributed by atoms with Gasteiger partial charge in [0.05, 0.1) is 23.5 Å². The fourth-order valence-electron chi connectivity index (χ4n) is 1.93. The predicted octanol–water partition coefficient (Wildman–Crippen LogP) is 1.59. The molecule has 0 saturated heterocycles. The van der Waals surface area contributed by atoms with Crippen molar-refractivity contribution >= 4 is 17.3 Å². The average molecular weight is 265 g/mol. The molecule has 5 heteroatoms. The normalized spacial score (nSPS) is 11.2. The number of carbonyl (C=O) groups is 1. The van der Waals surface area contributed by atoms with Crippen LogP contribution in [0, 0.1) is 0 Å². The number of nitrogens with two attached hydrogens (primary N) is 1. The van der Waals surface area contributed by atoms with Crippen LogP contribution in [0.4, 0.5) is 11.4 Å². The Balaban J connectivity index is 3.09. The summed E-state index contributed by atoms with van der Waals surface area (Å²) in [5.74, 6) is -0.161. The van der Waals surface area contributed by atoms with Gasteiger partial charge < -0.3 is 21.5 Å². The minimum absolute atomic E-state index is 0.0175. The van der Waals surface area contributed by atoms with Gasteiger partial charge in [-0.1, -0.05) is 13.8 Å². The van der Waals surface area contributed by atoms with Crippen molar-refractivity contribution in [3.63, 3.8) is 0 Å². The van der Waals surface area contributed by atoms with Gasteiger partial charge in [-0.25, -0.2) is 0 Å². The molecule has 0 atom stereocenters. The lowest BCUT2D eigenvalue weighted by Gasteiger charge is -2.32. The van der Waals surface area contributed by atoms with Gasteiger partial charge in [0.2, 0.25) is 0 Å². The van der Waals surface area contributed by atoms with Crippen LogP contribution in [0.25, 0.3) is 0 Å². The number of carbonyl (C=O) groups excluding carboxylic acids is 1. The molecule has 1 rings (SSSR count). The molecule has 0 bridgehead atoms. The molecule has 5 N–H and O–H groups in total. The quantitative estimate of drug-likeness (QED) is 0.588. The third kappa shape index (κ3) is 3.38. The largest absolute Gasteiger partial charge is 0.397 e. The second kappa shape index (κ2) is 6.43. The summed E-state index contributed by atoms with van der Waals surface area (Å²) >= 11 is 0. The highest BCUT2D eigenvalue weighted by Crippen LogP contribution is 2.27. The Labute approximate surface area is 114 Å². The van der Waals surface area contributed by atoms with E-state index in [2.05, 4.69) is 10.6 Å². The van der Waals surface area contributed by atoms with E-state index in [0.717, 1.165) is 12.8 Å². The monoisotopic (exact) mass is 265 g/mol. The van der Waals surface area contributed by atoms with E-state index in [-0.39, 0.29) is 12.5 Å². The van der Waals surface area contributed by atoms with Crippen molar-refractivity contribution in [2.75, 3.05) is 24.7 Å². The first kappa shape index (κ1) is 15.3. The van der Waals surface area contributed by atoms with Crippen molar-refractivity contribution in [2.24, 2.45) is 0 Å². The highest BCUT2D eigenvalue weighted by atomic mass is 16.3. The second-order valence-corrected chi connectivity index (χ2v) is 4.65. The number of nitrogens with one attached hydrogen (secondary N) is 2. The van der Waals surface area contributed by atoms with Gasteiger partial charge >= 0.3 is 0 Å². The van der Waals surface area contributed by atoms with Gasteiger partial charge in [0.25, 0.3) is 5.91 Å². The van der Waals surface area contributed by atoms with E-state index in [0.29, 0.717) is 16.9 Å². The number of aliphatic hydroxyl groups excluding tert-OH is 1. The van der Waals surface area contributed by atoms with Gasteiger partial charge in [0.1, 0.15) is 0 Å². The molecule has 0 aliphatic rings. The molecule has 1 aromatic carbocycles. The summed E-state index contributed by atoms with van der Waals surface area (Å²) in [5.41, 5.74) is 7.30. The molecule has 0 aliphatic heterocycles. The molecule has 0 unspecified atom stereocenters. The second-order valence-electron chi connectivity index (χ2n) is 4.65. The van der Waals surface area contributed by atoms with Crippen molar-refractivity contribution < 1.29 is 9.90 Å². The maximum atomic E-state index is 11.6. The number of rotatable bonds is 6. The Morgan fingerprint density at radius 1 is 1.37 bits per heavy atom. The van der Waals surface area contributed by atoms with Crippen LogP contribution in [0.15, 0.2) is 18.2 Å². The Morgan fingerprint density at radius 3 is 2.47 bits per heavy atom. The SMILES string of the molecule is CCC(CC)(CO)Nc1cc(C(=O)NC)ccc1N. The van der Waals surface area contributed by atoms with Crippen molar-refractivity contribution in [1.29, 1.82) is 0 Å². The molecule has 1 amide bonds. The van der Waals surface area contributed by atoms with Crippen LogP contribution >= 0.6 is 0 Å². The van der Waals surface area contributed by atoms with E-state index in [4.69, 9.17) is 5.73 Å². The van der Waals surface area contributed by atoms with Crippen LogP contribution in [0.1, 0.15) is 37.0 Å². The van der Waals surface area contributed by atoms with E-state index < -0.39 is 5.54 Å². The lowest BCUT2D eigenvalue weighted by Crippen LogP contribution is -2.41. The maximum Gasteiger partial charge on any atom is 0.251 e. The Hall–Kier alpha value is -1.75. The van der Waals surface area contributed by atoms with Crippen molar-refractivity contribution in [3.05, 3.63) is 23.8 Å². The molecule has 19 heavy (non-hydrogen) atoms. The molecule has 0 spiro atoms. The zero-order valence-electron chi connectivity index (χ0n) is 11.8. The van der Waals surface area contributed by atoms with Crippen molar-refractivity contribution in [3.8, 4) is 0 Å². The zero-order valence-corrected chi connectivity index (χ0v) is 11.8. The molecule has 0 heterocycles. The van der Waals surface area contributed by atoms with Gasteiger partial charge in [-0.15, -0.1) is 0 Å². The van der Waals surface area contributed by atoms with Crippen molar-refractivity contribution in [2.45, 2.75) is 32.2 Å². The van der Waals surface area contributed by atoms with E-state index in [1.165, 1.54) is 0 Å². The van der Waals surface area contributed by atoms with Gasteiger partial charge in [-0.2, -0.15) is 0 Å². The van der Waals surface area contributed by atoms with Crippen molar-refractivity contribution in [1.82, 2.24) is 5.32 Å². The number of aliphatic hydroxyl groups is 1. The first-order chi connectivity index (χ1) is 9.01. The van der Waals surface area contributed by atoms with E-state index >= 15 is 0 Å². The van der Waals surface area contributed by atoms with E-state index in [1.807, 2.05) is 13.8 Å². The molecular formula is C14H23N3O2. The Morgan fingerprint density at radius 2 is 2.00 bits per heavy atom. The first-order valence-electron chi connectivity index (χ1n) is 6.52. The third-order valence-electron chi connectivity index (χ3n) is 3.60. The van der Waals surface area contributed by atoms with Crippen LogP contribution in [0.2, 0.25) is 0 Å². The molecule has 5 nitrogen and oxygen atoms in total. The third-order valence-corrected chi connectivity index (χ3v) is 3.60. The number of hydrogen-bond donors (Lipinski definition) is 4. The lowest BCUT2D eigenvalue weighted by molar-refractivity contribution is 0.0963. The molecule has 106 valence electrons. The van der Waals surface area contributed by atoms with E-state index in [9.17, 15) is 9.90 Å². The van der Waals surface area contributed by atoms with Crippen LogP contribution in [0.5, 0.6) is 0 Å². The highest BCUT2D eigenvalue weighted by molar-refractivity contribution is 5.96. The zero-order chi connectivity index (χ0) is 14.5. The van der Waals surface area contributed by atoms with E-state index in [1.54, 1.807) is 25.2 Å². The number of benzene rings is 1. The molecule has 1 aromatic rings. The highest BCUT2D eigenvalue weighted by Gasteiger charge is 2.25. The van der Waals surface area contributed by atoms with Crippen LogP contribution in [-0.2, 0) is 0 Å². The number of nitrogen functional groups attached to an aromatic ring is 1. The van der Waals surface area contributed by atoms with Gasteiger partial charge in [0.15, 0.2) is 0 Å². The maximum absolute atomic E-state index is 11.6. The summed E-state index contributed by atoms with van der Waals surface area (Å²) in [4.78, 5) is 11.6. The fraction of sp³-hybridized carbons (Fsp3) is 0.500. The van der Waals surface area contributed by atoms with Crippen LogP contribution < -0.4 is 16.4 Å². The summed E-state index contributed by atoms with van der Waals surface area (Å²) < 4.78 is 0. The summed E-state index contributed by atoms with van der Waals surface area (Å²) in [6.45, 7) is 4.03. The number of anilines is 2. The minimum Gasteiger partial charge on any atom is -0.397 e. The Bertz CT molecular complexity index is 434. The summed E-state index contributed by atoms with van der Waals surface area (Å²) in [7, 11) is 1.59. The Kier molecular flexibility index (Phi) is 5.18. The summed E-state index contributed by atoms with van der Waals surface area (Å²) in [6, 6.07) is 5.09. The first-order valence-corrected chi connectivity index (χ1v) is 6.52. The predicted molar refractivity (Wildman–Crippen MR) is 78.3 cm³/mol. The van der Waals surface area contributed by atoms with Gasteiger partial charge in [-0.3, -0.25) is 4.79 Å². The topological polar surface area (TPSA) is 87.4 Å². The van der Waals surface area contributed by atoms with Crippen LogP contribution in [-0.4, -0.2) is 30.2 Å². The van der Waals surface area contributed by atoms with Crippen LogP contribution in [0.3, 0.4) is 0 Å². The molecule has 0 aromatic heterocycles. The summed E-state index contributed by atoms with van der Waals surface area (Å²) in [6.07, 6.45) is 1.54. The minimum atomic E-state index is -0.407. The molecule has 0 saturated carbocycles. The standard InChI is InChI=1S/C14H23N3O2/c1-4-14(5-2,9-18)17-12-8-10(13(19)16-3)6-7-11(12)15/h6-8,17-18H,4-5,9,15H2,1-3H3,(H,16,19). The number of hydrogen-bond acceptors (Lipinski definition) is 4.